The molecule has 10 atom stereocenters. The highest BCUT2D eigenvalue weighted by atomic mass is 35.5. The predicted molar refractivity (Wildman–Crippen MR) is 534 cm³/mol. The highest BCUT2D eigenvalue weighted by Crippen LogP contribution is 2.45. The molecule has 0 saturated heterocycles. The molecule has 3 aromatic carbocycles. The first-order valence-corrected chi connectivity index (χ1v) is 46.1. The van der Waals surface area contributed by atoms with Crippen LogP contribution >= 0.6 is 23.2 Å². The number of aryl methyl sites for hydroxylation is 6. The fraction of sp³-hybridized carbons (Fsp3) is 0.312. The van der Waals surface area contributed by atoms with Crippen LogP contribution < -0.4 is 42.3 Å². The average Bonchev–Trinajstić information content (AvgIpc) is 1.72. The fourth-order valence-electron chi connectivity index (χ4n) is 16.4. The van der Waals surface area contributed by atoms with E-state index in [2.05, 4.69) is 195 Å². The van der Waals surface area contributed by atoms with Gasteiger partial charge in [-0.15, -0.1) is 0 Å². The van der Waals surface area contributed by atoms with Gasteiger partial charge in [0.15, 0.2) is 0 Å². The zero-order valence-electron chi connectivity index (χ0n) is 78.4. The molecule has 6 aliphatic rings. The Morgan fingerprint density at radius 1 is 0.723 bits per heavy atom. The van der Waals surface area contributed by atoms with E-state index in [1.807, 2.05) is 148 Å². The summed E-state index contributed by atoms with van der Waals surface area (Å²) in [6.07, 6.45) is 43.8. The van der Waals surface area contributed by atoms with Gasteiger partial charge in [-0.25, -0.2) is 23.7 Å². The zero-order valence-corrected chi connectivity index (χ0v) is 80.7. The third kappa shape index (κ3) is 24.3. The van der Waals surface area contributed by atoms with Crippen LogP contribution in [0.5, 0.6) is 5.75 Å². The number of aliphatic imine (C=N–C) groups is 1. The SMILES string of the molecule is C/C=C(\CNC)C(NC1=CC2C=NNC2C=C1)c1cn[nH]c1C.CNCC/C=C/C(N/C=C/C1C=NNC1/C=C/F)c1cn[nH]c1C.CO.COC=O.CS(=O)[O-].Cc1[nH]ncc1-c1nc2c(c(C)c1CN(C)C=O)C1C=NNC1C=C2F.Cc1[nH]ncc1-c1nc2ccc3[nH]ncc3c2c2c1C=NCC2.Cc1ccc(Cl)c(C(C)Oc2cc(-c3cn[nH]c3C)nc3ccc4[nH]ncc4c23)c1Cl. The monoisotopic (exact) mass is 1920 g/mol. The third-order valence-electron chi connectivity index (χ3n) is 23.3. The first-order chi connectivity index (χ1) is 66.4. The molecule has 10 aromatic heterocycles. The lowest BCUT2D eigenvalue weighted by Crippen LogP contribution is -2.31. The summed E-state index contributed by atoms with van der Waals surface area (Å²) in [6.45, 7) is 21.2. The fourth-order valence-corrected chi connectivity index (χ4v) is 17.1. The van der Waals surface area contributed by atoms with E-state index in [4.69, 9.17) is 56.6 Å². The van der Waals surface area contributed by atoms with Gasteiger partial charge in [0.1, 0.15) is 23.4 Å². The Bertz CT molecular complexity index is 6730. The van der Waals surface area contributed by atoms with Crippen molar-refractivity contribution in [1.29, 1.82) is 0 Å². The van der Waals surface area contributed by atoms with E-state index >= 15 is 0 Å². The van der Waals surface area contributed by atoms with E-state index in [0.717, 1.165) is 192 Å². The van der Waals surface area contributed by atoms with Crippen LogP contribution in [0.2, 0.25) is 10.0 Å². The third-order valence-corrected chi connectivity index (χ3v) is 24.2. The van der Waals surface area contributed by atoms with Crippen LogP contribution in [0, 0.1) is 60.3 Å². The number of pyridine rings is 3. The minimum absolute atomic E-state index is 0.0175. The maximum absolute atomic E-state index is 14.8. The van der Waals surface area contributed by atoms with E-state index in [9.17, 15) is 13.6 Å². The lowest BCUT2D eigenvalue weighted by atomic mass is 9.82. The molecule has 1 amide bonds. The number of nitrogens with one attached hydrogen (secondary N) is 14. The molecular formula is C96H112Cl2F2N29O7S-. The molecule has 2 aliphatic carbocycles. The summed E-state index contributed by atoms with van der Waals surface area (Å²) >= 11 is 11.2. The van der Waals surface area contributed by atoms with E-state index in [0.29, 0.717) is 52.4 Å². The van der Waals surface area contributed by atoms with Crippen molar-refractivity contribution in [3.63, 3.8) is 0 Å². The molecule has 14 heterocycles. The van der Waals surface area contributed by atoms with E-state index in [1.54, 1.807) is 43.0 Å². The van der Waals surface area contributed by atoms with Crippen molar-refractivity contribution in [2.24, 2.45) is 32.1 Å². The number of aromatic amines is 7. The van der Waals surface area contributed by atoms with Crippen LogP contribution in [-0.4, -0.2) is 222 Å². The number of benzene rings is 3. The molecule has 13 aromatic rings. The zero-order chi connectivity index (χ0) is 97.9. The maximum Gasteiger partial charge on any atom is 0.292 e. The number of allylic oxidation sites excluding steroid dienone is 2. The summed E-state index contributed by atoms with van der Waals surface area (Å²) in [5.74, 6) is 0.571. The highest BCUT2D eigenvalue weighted by Gasteiger charge is 2.37. The minimum atomic E-state index is -1.86. The summed E-state index contributed by atoms with van der Waals surface area (Å²) < 4.78 is 55.5. The van der Waals surface area contributed by atoms with Crippen LogP contribution in [-0.2, 0) is 38.4 Å². The number of halogens is 4. The molecule has 10 unspecified atom stereocenters. The van der Waals surface area contributed by atoms with Crippen molar-refractivity contribution in [1.82, 2.24) is 129 Å². The van der Waals surface area contributed by atoms with Crippen LogP contribution in [0.15, 0.2) is 185 Å². The van der Waals surface area contributed by atoms with Gasteiger partial charge in [-0.05, 0) is 185 Å². The number of rotatable bonds is 25. The Balaban J connectivity index is 0.000000150. The summed E-state index contributed by atoms with van der Waals surface area (Å²) in [6, 6.07) is 13.7. The van der Waals surface area contributed by atoms with E-state index in [1.165, 1.54) is 41.3 Å². The Labute approximate surface area is 802 Å². The maximum atomic E-state index is 14.8. The van der Waals surface area contributed by atoms with Gasteiger partial charge in [0.05, 0.1) is 137 Å². The van der Waals surface area contributed by atoms with Crippen LogP contribution in [0.4, 0.5) is 8.78 Å². The summed E-state index contributed by atoms with van der Waals surface area (Å²) in [5, 5.41) is 87.9. The second kappa shape index (κ2) is 48.7. The molecule has 718 valence electrons. The number of amides is 1. The van der Waals surface area contributed by atoms with Gasteiger partial charge in [-0.3, -0.25) is 54.5 Å². The molecule has 0 fully saturated rings. The van der Waals surface area contributed by atoms with E-state index < -0.39 is 11.1 Å². The van der Waals surface area contributed by atoms with Gasteiger partial charge >= 0.3 is 0 Å². The van der Waals surface area contributed by atoms with Crippen LogP contribution in [0.25, 0.3) is 83.2 Å². The molecule has 0 spiro atoms. The Kier molecular flexibility index (Phi) is 36.1. The molecule has 4 aliphatic heterocycles. The van der Waals surface area contributed by atoms with Crippen molar-refractivity contribution < 1.29 is 41.7 Å². The second-order valence-corrected chi connectivity index (χ2v) is 34.0. The number of aromatic nitrogens is 17. The number of carbonyl (C=O) groups excluding carboxylic acids is 2. The number of ether oxygens (including phenoxy) is 2. The first-order valence-electron chi connectivity index (χ1n) is 43.9. The van der Waals surface area contributed by atoms with Crippen molar-refractivity contribution in [3.8, 4) is 39.5 Å². The number of nitrogens with zero attached hydrogens (tertiary/aromatic N) is 15. The number of aliphatic hydroxyl groups is 1. The average molecular weight is 1930 g/mol. The molecule has 36 nitrogen and oxygen atoms in total. The molecule has 15 N–H and O–H groups in total. The number of H-pyrrole nitrogens is 7. The topological polar surface area (TPSA) is 489 Å². The Morgan fingerprint density at radius 3 is 1.96 bits per heavy atom. The van der Waals surface area contributed by atoms with Crippen LogP contribution in [0.3, 0.4) is 0 Å². The Morgan fingerprint density at radius 2 is 1.34 bits per heavy atom. The molecular weight excluding hydrogens is 1810 g/mol. The highest BCUT2D eigenvalue weighted by molar-refractivity contribution is 7.78. The quantitative estimate of drug-likeness (QED) is 0.0109. The lowest BCUT2D eigenvalue weighted by molar-refractivity contribution is -0.126. The van der Waals surface area contributed by atoms with Crippen molar-refractivity contribution >= 4 is 121 Å². The molecule has 0 radical (unpaired) electrons. The van der Waals surface area contributed by atoms with Gasteiger partial charge in [-0.2, -0.15) is 51.0 Å². The number of fused-ring (bicyclic) bond motifs is 12. The summed E-state index contributed by atoms with van der Waals surface area (Å²) in [5.41, 5.74) is 34.4. The molecule has 0 saturated carbocycles. The van der Waals surface area contributed by atoms with Gasteiger partial charge < -0.3 is 61.6 Å². The molecule has 41 heteroatoms. The van der Waals surface area contributed by atoms with Crippen molar-refractivity contribution in [3.05, 3.63) is 259 Å². The van der Waals surface area contributed by atoms with Crippen LogP contribution in [0.1, 0.15) is 129 Å². The molecule has 0 bridgehead atoms. The number of likely N-dealkylation sites (N-methyl/N-ethyl adjacent to an activating group) is 1. The first kappa shape index (κ1) is 102. The summed E-state index contributed by atoms with van der Waals surface area (Å²) in [7, 11) is 7.92. The number of carbonyl (C=O) groups is 2. The number of aliphatic hydroxyl groups excluding tert-OH is 1. The standard InChI is InChI=1S/C23H19Cl2N5O.C18H19FN6O.C17H25FN6.C17H14N6.C17H24N6.C2H4O2.CH4O2S.CH4O/c1-11-4-5-16(24)21(23(11)25)13(3)31-20-8-19(14-9-26-29-12(14)2)28-18-7-6-17-15(22(18)20)10-27-30-17;1-9-13(7-25(3)8-26)17(11-5-20-23-10(11)2)22-18-14(19)4-15-12(16(9)18)6-21-24-15;1-13-15(12-22-23-13)17(5-3-4-9-19-2)20-10-7-14-11-21-24-16(14)6-8-18;1-9-11(7-19-22-9)17-12-6-18-5-4-10(12)16-13-8-20-23-14(13)2-3-15(16)21-17;1-4-12(8-18-3)17(15-10-20-22-11(15)2)21-14-5-6-16-13(7-14)9-19-23-16;1-4-2-3;1-4(2)3;1-2/h4-10,13H,1-3H3,(H,26,29)(H,27,30);4-6,8,12,15,24H,7H2,1-3H3,(H,20,23);3,5-8,10-12,14,16-17,19-20,24H,4,9H2,1-2H3,(H,22,23);2-3,6-8H,4-5H2,1H3,(H,19,22)(H,20,23);4-7,9-10,13,16-18,21,23H,8H2,1-3H3,(H,20,22);2H,1H3;1H3,(H,2,3);2H,1H3/p-1/b;;5-3+,8-6+,10-7+;;12-4+;;;. The summed E-state index contributed by atoms with van der Waals surface area (Å²) in [4.78, 5) is 40.6. The largest absolute Gasteiger partial charge is 0.773 e. The smallest absolute Gasteiger partial charge is 0.292 e. The predicted octanol–water partition coefficient (Wildman–Crippen LogP) is 13.9. The Hall–Kier alpha value is -14.4. The molecule has 137 heavy (non-hydrogen) atoms. The number of hydrogen-bond acceptors (Lipinski definition) is 28. The number of hydrogen-bond donors (Lipinski definition) is 15. The van der Waals surface area contributed by atoms with Gasteiger partial charge in [0.25, 0.3) is 6.47 Å². The van der Waals surface area contributed by atoms with Crippen molar-refractivity contribution in [2.45, 2.75) is 124 Å². The normalized spacial score (nSPS) is 17.5. The second-order valence-electron chi connectivity index (χ2n) is 32.4. The van der Waals surface area contributed by atoms with E-state index in [-0.39, 0.29) is 54.0 Å². The van der Waals surface area contributed by atoms with Gasteiger partial charge in [0.2, 0.25) is 6.41 Å². The van der Waals surface area contributed by atoms with Crippen molar-refractivity contribution in [2.75, 3.05) is 61.3 Å². The van der Waals surface area contributed by atoms with Gasteiger partial charge in [0, 0.05) is 182 Å². The minimum Gasteiger partial charge on any atom is -0.773 e. The molecule has 19 rings (SSSR count). The lowest BCUT2D eigenvalue weighted by Gasteiger charge is -2.28. The number of methoxy groups -OCH3 is 1. The number of hydrazone groups is 3. The van der Waals surface area contributed by atoms with Gasteiger partial charge in [-0.1, -0.05) is 76.8 Å².